The lowest BCUT2D eigenvalue weighted by Crippen LogP contribution is -2.37. The fourth-order valence-corrected chi connectivity index (χ4v) is 3.18. The minimum absolute atomic E-state index is 0.0506. The zero-order valence-electron chi connectivity index (χ0n) is 12.5. The largest absolute Gasteiger partial charge is 0.481 e. The summed E-state index contributed by atoms with van der Waals surface area (Å²) in [5.41, 5.74) is 0.450. The van der Waals surface area contributed by atoms with E-state index in [0.29, 0.717) is 10.00 Å². The third kappa shape index (κ3) is 3.75. The molecule has 0 aliphatic carbocycles. The van der Waals surface area contributed by atoms with Gasteiger partial charge in [-0.15, -0.1) is 0 Å². The van der Waals surface area contributed by atoms with Crippen LogP contribution in [0.3, 0.4) is 0 Å². The smallest absolute Gasteiger partial charge is 0.324 e. The van der Waals surface area contributed by atoms with Crippen molar-refractivity contribution in [2.75, 3.05) is 18.0 Å². The van der Waals surface area contributed by atoms with Crippen molar-refractivity contribution in [1.82, 2.24) is 9.97 Å². The number of carboxylic acids is 1. The van der Waals surface area contributed by atoms with Crippen LogP contribution in [-0.4, -0.2) is 43.1 Å². The number of nitrogens with zero attached hydrogens (tertiary/aromatic N) is 3. The summed E-state index contributed by atoms with van der Waals surface area (Å²) in [5.74, 6) is -1.44. The Kier molecular flexibility index (Phi) is 4.80. The lowest BCUT2D eigenvalue weighted by molar-refractivity contribution is -0.135. The molecule has 0 fully saturated rings. The van der Waals surface area contributed by atoms with E-state index in [2.05, 4.69) is 9.97 Å². The molecule has 1 N–H and O–H groups in total. The van der Waals surface area contributed by atoms with Crippen LogP contribution in [-0.2, 0) is 14.8 Å². The van der Waals surface area contributed by atoms with Crippen LogP contribution in [0.1, 0.15) is 5.69 Å². The van der Waals surface area contributed by atoms with Crippen molar-refractivity contribution in [3.63, 3.8) is 0 Å². The molecule has 0 unspecified atom stereocenters. The monoisotopic (exact) mass is 337 g/mol. The van der Waals surface area contributed by atoms with E-state index < -0.39 is 22.5 Å². The van der Waals surface area contributed by atoms with E-state index in [-0.39, 0.29) is 16.7 Å². The Bertz CT molecular complexity index is 808. The maximum Gasteiger partial charge on any atom is 0.324 e. The summed E-state index contributed by atoms with van der Waals surface area (Å²) in [5, 5.41) is 9.06. The van der Waals surface area contributed by atoms with Crippen LogP contribution in [0.2, 0.25) is 0 Å². The number of aryl methyl sites for hydroxylation is 1. The molecule has 0 aliphatic rings. The number of benzene rings is 1. The first-order valence-electron chi connectivity index (χ1n) is 6.54. The van der Waals surface area contributed by atoms with Crippen LogP contribution in [0, 0.1) is 6.92 Å². The topological polar surface area (TPSA) is 110 Å². The zero-order chi connectivity index (χ0) is 17.0. The van der Waals surface area contributed by atoms with Gasteiger partial charge in [-0.3, -0.25) is 4.79 Å². The SMILES string of the molecule is COc1cc(C)nc(N(CC(=O)O)S(=O)(=O)c2ccccc2)n1. The summed E-state index contributed by atoms with van der Waals surface area (Å²) in [4.78, 5) is 19.0. The molecule has 2 rings (SSSR count). The molecule has 0 bridgehead atoms. The zero-order valence-corrected chi connectivity index (χ0v) is 13.3. The van der Waals surface area contributed by atoms with Gasteiger partial charge in [-0.1, -0.05) is 18.2 Å². The van der Waals surface area contributed by atoms with Crippen LogP contribution in [0.25, 0.3) is 0 Å². The van der Waals surface area contributed by atoms with Gasteiger partial charge in [-0.2, -0.15) is 4.98 Å². The molecule has 9 heteroatoms. The minimum atomic E-state index is -4.12. The number of ether oxygens (including phenoxy) is 1. The predicted octanol–water partition coefficient (Wildman–Crippen LogP) is 1.07. The Morgan fingerprint density at radius 3 is 2.48 bits per heavy atom. The van der Waals surface area contributed by atoms with Crippen molar-refractivity contribution in [2.45, 2.75) is 11.8 Å². The molecule has 0 atom stereocenters. The van der Waals surface area contributed by atoms with Crippen LogP contribution in [0.15, 0.2) is 41.3 Å². The van der Waals surface area contributed by atoms with Gasteiger partial charge in [-0.05, 0) is 19.1 Å². The molecular formula is C14H15N3O5S. The summed E-state index contributed by atoms with van der Waals surface area (Å²) >= 11 is 0. The standard InChI is InChI=1S/C14H15N3O5S/c1-10-8-12(22-2)16-14(15-10)17(9-13(18)19)23(20,21)11-6-4-3-5-7-11/h3-8H,9H2,1-2H3,(H,18,19). The fraction of sp³-hybridized carbons (Fsp3) is 0.214. The van der Waals surface area contributed by atoms with Crippen molar-refractivity contribution in [1.29, 1.82) is 0 Å². The van der Waals surface area contributed by atoms with Crippen LogP contribution in [0.5, 0.6) is 5.88 Å². The summed E-state index contributed by atoms with van der Waals surface area (Å²) in [6, 6.07) is 9.01. The molecule has 0 saturated carbocycles. The third-order valence-corrected chi connectivity index (χ3v) is 4.60. The molecule has 0 spiro atoms. The van der Waals surface area contributed by atoms with Gasteiger partial charge in [0.1, 0.15) is 6.54 Å². The van der Waals surface area contributed by atoms with Gasteiger partial charge >= 0.3 is 5.97 Å². The first-order chi connectivity index (χ1) is 10.8. The molecule has 2 aromatic rings. The van der Waals surface area contributed by atoms with Gasteiger partial charge in [0.2, 0.25) is 11.8 Å². The van der Waals surface area contributed by atoms with Gasteiger partial charge < -0.3 is 9.84 Å². The van der Waals surface area contributed by atoms with Crippen molar-refractivity contribution in [3.05, 3.63) is 42.1 Å². The van der Waals surface area contributed by atoms with Gasteiger partial charge in [0.25, 0.3) is 10.0 Å². The third-order valence-electron chi connectivity index (χ3n) is 2.86. The van der Waals surface area contributed by atoms with Crippen molar-refractivity contribution in [3.8, 4) is 5.88 Å². The van der Waals surface area contributed by atoms with E-state index in [1.165, 1.54) is 25.3 Å². The molecule has 0 aliphatic heterocycles. The van der Waals surface area contributed by atoms with Crippen molar-refractivity contribution in [2.24, 2.45) is 0 Å². The number of hydrogen-bond donors (Lipinski definition) is 1. The van der Waals surface area contributed by atoms with Crippen molar-refractivity contribution >= 4 is 21.9 Å². The molecule has 1 aromatic heterocycles. The van der Waals surface area contributed by atoms with E-state index >= 15 is 0 Å². The van der Waals surface area contributed by atoms with E-state index in [0.717, 1.165) is 0 Å². The lowest BCUT2D eigenvalue weighted by Gasteiger charge is -2.21. The van der Waals surface area contributed by atoms with Gasteiger partial charge in [-0.25, -0.2) is 17.7 Å². The number of sulfonamides is 1. The Hall–Kier alpha value is -2.68. The molecule has 1 heterocycles. The molecule has 1 aromatic carbocycles. The number of aromatic nitrogens is 2. The second kappa shape index (κ2) is 6.61. The van der Waals surface area contributed by atoms with Gasteiger partial charge in [0.05, 0.1) is 12.0 Å². The molecule has 0 amide bonds. The van der Waals surface area contributed by atoms with Crippen LogP contribution in [0.4, 0.5) is 5.95 Å². The molecular weight excluding hydrogens is 322 g/mol. The Labute approximate surface area is 133 Å². The number of anilines is 1. The van der Waals surface area contributed by atoms with Crippen LogP contribution < -0.4 is 9.04 Å². The highest BCUT2D eigenvalue weighted by molar-refractivity contribution is 7.92. The number of methoxy groups -OCH3 is 1. The van der Waals surface area contributed by atoms with Crippen molar-refractivity contribution < 1.29 is 23.1 Å². The van der Waals surface area contributed by atoms with E-state index in [4.69, 9.17) is 9.84 Å². The molecule has 0 radical (unpaired) electrons. The number of rotatable bonds is 6. The van der Waals surface area contributed by atoms with Gasteiger partial charge in [0, 0.05) is 11.8 Å². The lowest BCUT2D eigenvalue weighted by atomic mass is 10.4. The number of aliphatic carboxylic acids is 1. The maximum atomic E-state index is 12.7. The summed E-state index contributed by atoms with van der Waals surface area (Å²) in [6.07, 6.45) is 0. The number of carbonyl (C=O) groups is 1. The quantitative estimate of drug-likeness (QED) is 0.839. The first kappa shape index (κ1) is 16.7. The molecule has 23 heavy (non-hydrogen) atoms. The average molecular weight is 337 g/mol. The molecule has 8 nitrogen and oxygen atoms in total. The Morgan fingerprint density at radius 1 is 1.26 bits per heavy atom. The second-order valence-corrected chi connectivity index (χ2v) is 6.43. The predicted molar refractivity (Wildman–Crippen MR) is 81.9 cm³/mol. The Morgan fingerprint density at radius 2 is 1.91 bits per heavy atom. The highest BCUT2D eigenvalue weighted by Crippen LogP contribution is 2.22. The summed E-state index contributed by atoms with van der Waals surface area (Å²) in [6.45, 7) is 0.825. The minimum Gasteiger partial charge on any atom is -0.481 e. The first-order valence-corrected chi connectivity index (χ1v) is 7.98. The van der Waals surface area contributed by atoms with Crippen LogP contribution >= 0.6 is 0 Å². The highest BCUT2D eigenvalue weighted by atomic mass is 32.2. The van der Waals surface area contributed by atoms with Gasteiger partial charge in [0.15, 0.2) is 0 Å². The van der Waals surface area contributed by atoms with E-state index in [1.807, 2.05) is 0 Å². The highest BCUT2D eigenvalue weighted by Gasteiger charge is 2.29. The Balaban J connectivity index is 2.58. The molecule has 122 valence electrons. The fourth-order valence-electron chi connectivity index (χ4n) is 1.85. The second-order valence-electron chi connectivity index (χ2n) is 4.57. The van der Waals surface area contributed by atoms with E-state index in [9.17, 15) is 13.2 Å². The molecule has 0 saturated heterocycles. The average Bonchev–Trinajstić information content (AvgIpc) is 2.52. The number of hydrogen-bond acceptors (Lipinski definition) is 6. The summed E-state index contributed by atoms with van der Waals surface area (Å²) < 4.78 is 31.1. The summed E-state index contributed by atoms with van der Waals surface area (Å²) in [7, 11) is -2.75. The normalized spacial score (nSPS) is 11.0. The number of carboxylic acid groups (broad SMARTS) is 1. The van der Waals surface area contributed by atoms with E-state index in [1.54, 1.807) is 25.1 Å². The maximum absolute atomic E-state index is 12.7.